The Balaban J connectivity index is 1.89. The van der Waals surface area contributed by atoms with Crippen LogP contribution in [0.4, 0.5) is 11.4 Å². The third-order valence-corrected chi connectivity index (χ3v) is 3.03. The number of nitro benzene ring substituents is 1. The van der Waals surface area contributed by atoms with E-state index in [4.69, 9.17) is 10.5 Å². The molecule has 0 aromatic heterocycles. The highest BCUT2D eigenvalue weighted by molar-refractivity contribution is 5.92. The number of hydrogen-bond donors (Lipinski definition) is 2. The van der Waals surface area contributed by atoms with E-state index in [2.05, 4.69) is 5.32 Å². The number of nitrogens with two attached hydrogens (primary N) is 1. The number of nitrogens with zero attached hydrogens (tertiary/aromatic N) is 1. The van der Waals surface area contributed by atoms with Crippen molar-refractivity contribution in [1.82, 2.24) is 0 Å². The minimum Gasteiger partial charge on any atom is -0.484 e. The van der Waals surface area contributed by atoms with E-state index in [0.29, 0.717) is 17.0 Å². The maximum absolute atomic E-state index is 12.0. The van der Waals surface area contributed by atoms with Crippen LogP contribution < -0.4 is 15.8 Å². The van der Waals surface area contributed by atoms with E-state index in [9.17, 15) is 19.7 Å². The van der Waals surface area contributed by atoms with E-state index in [0.717, 1.165) is 0 Å². The first-order chi connectivity index (χ1) is 11.4. The van der Waals surface area contributed by atoms with Crippen molar-refractivity contribution >= 4 is 23.2 Å². The Morgan fingerprint density at radius 2 is 1.71 bits per heavy atom. The molecule has 0 unspecified atom stereocenters. The fourth-order valence-electron chi connectivity index (χ4n) is 1.92. The fraction of sp³-hybridized carbons (Fsp3) is 0.125. The molecule has 0 atom stereocenters. The molecule has 2 rings (SSSR count). The lowest BCUT2D eigenvalue weighted by molar-refractivity contribution is -0.384. The van der Waals surface area contributed by atoms with Gasteiger partial charge in [-0.05, 0) is 29.8 Å². The molecule has 8 heteroatoms. The molecule has 2 amide bonds. The molecular weight excluding hydrogens is 314 g/mol. The topological polar surface area (TPSA) is 125 Å². The summed E-state index contributed by atoms with van der Waals surface area (Å²) < 4.78 is 5.11. The van der Waals surface area contributed by atoms with E-state index in [-0.39, 0.29) is 24.6 Å². The largest absolute Gasteiger partial charge is 0.484 e. The van der Waals surface area contributed by atoms with Gasteiger partial charge < -0.3 is 15.8 Å². The zero-order valence-electron chi connectivity index (χ0n) is 12.6. The summed E-state index contributed by atoms with van der Waals surface area (Å²) in [6, 6.07) is 12.3. The van der Waals surface area contributed by atoms with Crippen LogP contribution >= 0.6 is 0 Å². The van der Waals surface area contributed by atoms with E-state index in [1.807, 2.05) is 0 Å². The lowest BCUT2D eigenvalue weighted by atomic mass is 10.1. The smallest absolute Gasteiger partial charge is 0.269 e. The van der Waals surface area contributed by atoms with Gasteiger partial charge in [-0.3, -0.25) is 19.7 Å². The van der Waals surface area contributed by atoms with Gasteiger partial charge in [-0.2, -0.15) is 0 Å². The number of rotatable bonds is 7. The Kier molecular flexibility index (Phi) is 5.45. The summed E-state index contributed by atoms with van der Waals surface area (Å²) >= 11 is 0. The van der Waals surface area contributed by atoms with Gasteiger partial charge in [0.1, 0.15) is 5.75 Å². The van der Waals surface area contributed by atoms with Crippen LogP contribution in [0, 0.1) is 10.1 Å². The Hall–Kier alpha value is -3.42. The number of benzene rings is 2. The number of amides is 2. The van der Waals surface area contributed by atoms with Crippen molar-refractivity contribution in [3.05, 3.63) is 64.2 Å². The van der Waals surface area contributed by atoms with Crippen molar-refractivity contribution in [2.75, 3.05) is 11.9 Å². The number of non-ortho nitro benzene ring substituents is 1. The lowest BCUT2D eigenvalue weighted by Gasteiger charge is -2.07. The zero-order chi connectivity index (χ0) is 17.5. The fourth-order valence-corrected chi connectivity index (χ4v) is 1.92. The Morgan fingerprint density at radius 3 is 2.25 bits per heavy atom. The molecule has 2 aromatic carbocycles. The molecule has 0 saturated carbocycles. The molecule has 0 spiro atoms. The number of ether oxygens (including phenoxy) is 1. The first-order valence-electron chi connectivity index (χ1n) is 6.98. The van der Waals surface area contributed by atoms with Crippen LogP contribution in [0.5, 0.6) is 5.75 Å². The summed E-state index contributed by atoms with van der Waals surface area (Å²) in [6.45, 7) is -0.216. The second-order valence-corrected chi connectivity index (χ2v) is 4.93. The van der Waals surface area contributed by atoms with Gasteiger partial charge in [0.25, 0.3) is 11.6 Å². The second kappa shape index (κ2) is 7.73. The van der Waals surface area contributed by atoms with Crippen molar-refractivity contribution in [2.45, 2.75) is 6.42 Å². The number of carbonyl (C=O) groups excluding carboxylic acids is 2. The van der Waals surface area contributed by atoms with E-state index >= 15 is 0 Å². The highest BCUT2D eigenvalue weighted by atomic mass is 16.6. The van der Waals surface area contributed by atoms with Gasteiger partial charge in [0, 0.05) is 17.8 Å². The summed E-state index contributed by atoms with van der Waals surface area (Å²) in [5, 5.41) is 13.3. The first-order valence-corrected chi connectivity index (χ1v) is 6.98. The normalized spacial score (nSPS) is 10.0. The summed E-state index contributed by atoms with van der Waals surface area (Å²) in [6.07, 6.45) is 0.0952. The van der Waals surface area contributed by atoms with Gasteiger partial charge in [0.05, 0.1) is 11.3 Å². The lowest BCUT2D eigenvalue weighted by Crippen LogP contribution is -2.20. The van der Waals surface area contributed by atoms with Gasteiger partial charge in [-0.25, -0.2) is 0 Å². The summed E-state index contributed by atoms with van der Waals surface area (Å²) in [5.41, 5.74) is 6.18. The zero-order valence-corrected chi connectivity index (χ0v) is 12.6. The second-order valence-electron chi connectivity index (χ2n) is 4.93. The molecule has 0 saturated heterocycles. The number of primary amides is 1. The molecule has 0 fully saturated rings. The average molecular weight is 329 g/mol. The van der Waals surface area contributed by atoms with Crippen LogP contribution in [0.1, 0.15) is 5.56 Å². The van der Waals surface area contributed by atoms with Crippen molar-refractivity contribution in [3.8, 4) is 5.75 Å². The van der Waals surface area contributed by atoms with Crippen LogP contribution in [0.3, 0.4) is 0 Å². The van der Waals surface area contributed by atoms with Gasteiger partial charge >= 0.3 is 0 Å². The molecule has 0 aliphatic heterocycles. The van der Waals surface area contributed by atoms with Gasteiger partial charge in [-0.1, -0.05) is 12.1 Å². The minimum absolute atomic E-state index is 0.0225. The Labute approximate surface area is 137 Å². The quantitative estimate of drug-likeness (QED) is 0.590. The van der Waals surface area contributed by atoms with E-state index in [1.165, 1.54) is 12.1 Å². The molecule has 8 nitrogen and oxygen atoms in total. The van der Waals surface area contributed by atoms with E-state index < -0.39 is 10.8 Å². The molecule has 0 aliphatic carbocycles. The van der Waals surface area contributed by atoms with Gasteiger partial charge in [0.15, 0.2) is 6.61 Å². The third kappa shape index (κ3) is 5.09. The monoisotopic (exact) mass is 329 g/mol. The number of nitrogens with one attached hydrogen (secondary N) is 1. The predicted octanol–water partition coefficient (Wildman–Crippen LogP) is 1.64. The first kappa shape index (κ1) is 16.9. The molecule has 0 bridgehead atoms. The third-order valence-electron chi connectivity index (χ3n) is 3.03. The molecular formula is C16H15N3O5. The maximum Gasteiger partial charge on any atom is 0.269 e. The predicted molar refractivity (Wildman–Crippen MR) is 86.6 cm³/mol. The minimum atomic E-state index is -0.574. The van der Waals surface area contributed by atoms with Crippen molar-refractivity contribution in [2.24, 2.45) is 5.73 Å². The summed E-state index contributed by atoms with van der Waals surface area (Å²) in [4.78, 5) is 32.7. The van der Waals surface area contributed by atoms with Gasteiger partial charge in [0.2, 0.25) is 5.91 Å². The molecule has 3 N–H and O–H groups in total. The van der Waals surface area contributed by atoms with Crippen LogP contribution in [0.15, 0.2) is 48.5 Å². The Bertz CT molecular complexity index is 741. The highest BCUT2D eigenvalue weighted by Gasteiger charge is 2.08. The summed E-state index contributed by atoms with van der Waals surface area (Å²) in [7, 11) is 0. The standard InChI is InChI=1S/C16H15N3O5/c17-15(20)10-24-14-7-3-12(4-8-14)18-16(21)9-11-1-5-13(6-2-11)19(22)23/h1-8H,9-10H2,(H2,17,20)(H,18,21). The molecule has 0 heterocycles. The molecule has 0 radical (unpaired) electrons. The molecule has 0 aliphatic rings. The van der Waals surface area contributed by atoms with Crippen molar-refractivity contribution in [1.29, 1.82) is 0 Å². The van der Waals surface area contributed by atoms with Crippen LogP contribution in [-0.4, -0.2) is 23.3 Å². The maximum atomic E-state index is 12.0. The number of carbonyl (C=O) groups is 2. The molecule has 2 aromatic rings. The van der Waals surface area contributed by atoms with Crippen LogP contribution in [-0.2, 0) is 16.0 Å². The van der Waals surface area contributed by atoms with E-state index in [1.54, 1.807) is 36.4 Å². The summed E-state index contributed by atoms with van der Waals surface area (Å²) in [5.74, 6) is -0.368. The number of nitro groups is 1. The SMILES string of the molecule is NC(=O)COc1ccc(NC(=O)Cc2ccc([N+](=O)[O-])cc2)cc1. The Morgan fingerprint density at radius 1 is 1.08 bits per heavy atom. The number of hydrogen-bond acceptors (Lipinski definition) is 5. The number of anilines is 1. The highest BCUT2D eigenvalue weighted by Crippen LogP contribution is 2.16. The van der Waals surface area contributed by atoms with Gasteiger partial charge in [-0.15, -0.1) is 0 Å². The average Bonchev–Trinajstić information content (AvgIpc) is 2.54. The van der Waals surface area contributed by atoms with Crippen molar-refractivity contribution < 1.29 is 19.2 Å². The molecule has 24 heavy (non-hydrogen) atoms. The van der Waals surface area contributed by atoms with Crippen LogP contribution in [0.2, 0.25) is 0 Å². The molecule has 124 valence electrons. The van der Waals surface area contributed by atoms with Crippen molar-refractivity contribution in [3.63, 3.8) is 0 Å². The van der Waals surface area contributed by atoms with Crippen LogP contribution in [0.25, 0.3) is 0 Å².